The zero-order valence-electron chi connectivity index (χ0n) is 17.7. The summed E-state index contributed by atoms with van der Waals surface area (Å²) in [5.74, 6) is -0.153. The summed E-state index contributed by atoms with van der Waals surface area (Å²) < 4.78 is 11.5. The Hall–Kier alpha value is -3.38. The molecule has 1 amide bonds. The van der Waals surface area contributed by atoms with Crippen molar-refractivity contribution in [3.05, 3.63) is 69.8 Å². The lowest BCUT2D eigenvalue weighted by molar-refractivity contribution is -0.121. The van der Waals surface area contributed by atoms with Crippen LogP contribution in [0.15, 0.2) is 56.3 Å². The molecule has 0 aliphatic heterocycles. The molecule has 0 spiro atoms. The zero-order chi connectivity index (χ0) is 22.0. The molecule has 0 aliphatic rings. The minimum absolute atomic E-state index is 0.0282. The summed E-state index contributed by atoms with van der Waals surface area (Å²) in [5, 5.41) is 13.4. The van der Waals surface area contributed by atoms with Crippen molar-refractivity contribution in [1.82, 2.24) is 5.32 Å². The fourth-order valence-electron chi connectivity index (χ4n) is 3.96. The number of aliphatic hydroxyl groups is 1. The van der Waals surface area contributed by atoms with Crippen LogP contribution in [0.1, 0.15) is 29.5 Å². The Balaban J connectivity index is 1.76. The van der Waals surface area contributed by atoms with Crippen molar-refractivity contribution in [2.75, 3.05) is 13.2 Å². The molecule has 4 rings (SSSR count). The van der Waals surface area contributed by atoms with E-state index < -0.39 is 5.63 Å². The highest BCUT2D eigenvalue weighted by Crippen LogP contribution is 2.37. The van der Waals surface area contributed by atoms with Crippen molar-refractivity contribution in [2.45, 2.75) is 33.1 Å². The number of carbonyl (C=O) groups is 1. The maximum absolute atomic E-state index is 12.7. The third-order valence-electron chi connectivity index (χ3n) is 5.69. The third-order valence-corrected chi connectivity index (χ3v) is 5.69. The molecular weight excluding hydrogens is 394 g/mol. The minimum Gasteiger partial charge on any atom is -0.463 e. The molecule has 0 aliphatic carbocycles. The minimum atomic E-state index is -0.426. The second kappa shape index (κ2) is 8.78. The monoisotopic (exact) mass is 419 g/mol. The normalized spacial score (nSPS) is 11.3. The predicted molar refractivity (Wildman–Crippen MR) is 120 cm³/mol. The first kappa shape index (κ1) is 20.9. The summed E-state index contributed by atoms with van der Waals surface area (Å²) in [6.45, 7) is 4.23. The van der Waals surface area contributed by atoms with Crippen LogP contribution in [0, 0.1) is 13.8 Å². The van der Waals surface area contributed by atoms with Gasteiger partial charge in [-0.05, 0) is 43.9 Å². The standard InChI is InChI=1S/C25H25NO5/c1-15-18(9-10-22(28)26-11-6-12-27)25(29)31-24-16(2)23-20(13-19(15)24)21(14-30-23)17-7-4-3-5-8-17/h3-5,7-8,13-14,27H,6,9-12H2,1-2H3,(H,26,28). The molecule has 2 aromatic carbocycles. The van der Waals surface area contributed by atoms with E-state index in [-0.39, 0.29) is 18.9 Å². The highest BCUT2D eigenvalue weighted by molar-refractivity contribution is 6.04. The number of hydrogen-bond acceptors (Lipinski definition) is 5. The predicted octanol–water partition coefficient (Wildman–Crippen LogP) is 4.25. The van der Waals surface area contributed by atoms with Crippen molar-refractivity contribution in [1.29, 1.82) is 0 Å². The summed E-state index contributed by atoms with van der Waals surface area (Å²) in [4.78, 5) is 24.7. The van der Waals surface area contributed by atoms with Gasteiger partial charge >= 0.3 is 5.63 Å². The van der Waals surface area contributed by atoms with E-state index in [9.17, 15) is 9.59 Å². The summed E-state index contributed by atoms with van der Waals surface area (Å²) in [6.07, 6.45) is 2.72. The lowest BCUT2D eigenvalue weighted by Gasteiger charge is -2.10. The number of hydrogen-bond donors (Lipinski definition) is 2. The maximum atomic E-state index is 12.7. The van der Waals surface area contributed by atoms with E-state index in [1.807, 2.05) is 50.2 Å². The first-order chi connectivity index (χ1) is 15.0. The molecule has 0 saturated carbocycles. The molecule has 0 radical (unpaired) electrons. The summed E-state index contributed by atoms with van der Waals surface area (Å²) in [7, 11) is 0. The van der Waals surface area contributed by atoms with E-state index in [0.717, 1.165) is 33.0 Å². The van der Waals surface area contributed by atoms with Crippen LogP contribution in [0.4, 0.5) is 0 Å². The molecule has 4 aromatic rings. The smallest absolute Gasteiger partial charge is 0.339 e. The molecule has 0 bridgehead atoms. The Morgan fingerprint density at radius 2 is 1.84 bits per heavy atom. The Morgan fingerprint density at radius 1 is 1.06 bits per heavy atom. The summed E-state index contributed by atoms with van der Waals surface area (Å²) >= 11 is 0. The molecule has 0 saturated heterocycles. The molecule has 6 nitrogen and oxygen atoms in total. The lowest BCUT2D eigenvalue weighted by Crippen LogP contribution is -2.26. The molecule has 2 heterocycles. The van der Waals surface area contributed by atoms with Crippen LogP contribution in [-0.4, -0.2) is 24.2 Å². The molecular formula is C25H25NO5. The number of benzene rings is 2. The molecule has 0 fully saturated rings. The van der Waals surface area contributed by atoms with Crippen molar-refractivity contribution < 1.29 is 18.7 Å². The topological polar surface area (TPSA) is 92.7 Å². The number of rotatable bonds is 7. The average Bonchev–Trinajstić information content (AvgIpc) is 3.20. The van der Waals surface area contributed by atoms with Gasteiger partial charge in [0.2, 0.25) is 5.91 Å². The van der Waals surface area contributed by atoms with Crippen LogP contribution in [-0.2, 0) is 11.2 Å². The van der Waals surface area contributed by atoms with Crippen molar-refractivity contribution >= 4 is 27.8 Å². The summed E-state index contributed by atoms with van der Waals surface area (Å²) in [6, 6.07) is 12.0. The van der Waals surface area contributed by atoms with E-state index >= 15 is 0 Å². The van der Waals surface area contributed by atoms with Crippen molar-refractivity contribution in [3.8, 4) is 11.1 Å². The van der Waals surface area contributed by atoms with Gasteiger partial charge in [-0.1, -0.05) is 30.3 Å². The molecule has 0 atom stereocenters. The largest absolute Gasteiger partial charge is 0.463 e. The number of aryl methyl sites for hydroxylation is 2. The molecule has 2 aromatic heterocycles. The highest BCUT2D eigenvalue weighted by atomic mass is 16.4. The number of nitrogens with one attached hydrogen (secondary N) is 1. The van der Waals surface area contributed by atoms with Crippen LogP contribution in [0.5, 0.6) is 0 Å². The van der Waals surface area contributed by atoms with Gasteiger partial charge in [-0.15, -0.1) is 0 Å². The zero-order valence-corrected chi connectivity index (χ0v) is 17.7. The van der Waals surface area contributed by atoms with Crippen LogP contribution in [0.3, 0.4) is 0 Å². The number of fused-ring (bicyclic) bond motifs is 2. The number of amides is 1. The van der Waals surface area contributed by atoms with Crippen molar-refractivity contribution in [2.24, 2.45) is 0 Å². The van der Waals surface area contributed by atoms with Gasteiger partial charge in [-0.25, -0.2) is 4.79 Å². The van der Waals surface area contributed by atoms with E-state index in [0.29, 0.717) is 36.1 Å². The molecule has 0 unspecified atom stereocenters. The molecule has 160 valence electrons. The SMILES string of the molecule is Cc1c(CCC(=O)NCCCO)c(=O)oc2c(C)c3occ(-c4ccccc4)c3cc12. The van der Waals surface area contributed by atoms with Gasteiger partial charge < -0.3 is 19.3 Å². The van der Waals surface area contributed by atoms with Gasteiger partial charge in [0.05, 0.1) is 6.26 Å². The second-order valence-electron chi connectivity index (χ2n) is 7.69. The van der Waals surface area contributed by atoms with Crippen LogP contribution in [0.25, 0.3) is 33.1 Å². The first-order valence-corrected chi connectivity index (χ1v) is 10.4. The van der Waals surface area contributed by atoms with Gasteiger partial charge in [0, 0.05) is 47.0 Å². The van der Waals surface area contributed by atoms with Crippen LogP contribution >= 0.6 is 0 Å². The third kappa shape index (κ3) is 3.99. The van der Waals surface area contributed by atoms with Gasteiger partial charge in [-0.3, -0.25) is 4.79 Å². The fraction of sp³-hybridized carbons (Fsp3) is 0.280. The number of aliphatic hydroxyl groups excluding tert-OH is 1. The Labute approximate surface area is 179 Å². The highest BCUT2D eigenvalue weighted by Gasteiger charge is 2.19. The molecule has 2 N–H and O–H groups in total. The Kier molecular flexibility index (Phi) is 5.91. The first-order valence-electron chi connectivity index (χ1n) is 10.4. The second-order valence-corrected chi connectivity index (χ2v) is 7.69. The van der Waals surface area contributed by atoms with E-state index in [2.05, 4.69) is 5.32 Å². The van der Waals surface area contributed by atoms with E-state index in [4.69, 9.17) is 13.9 Å². The van der Waals surface area contributed by atoms with E-state index in [1.54, 1.807) is 6.26 Å². The Bertz CT molecular complexity index is 1300. The quantitative estimate of drug-likeness (QED) is 0.345. The molecule has 6 heteroatoms. The van der Waals surface area contributed by atoms with Gasteiger partial charge in [-0.2, -0.15) is 0 Å². The van der Waals surface area contributed by atoms with Crippen LogP contribution < -0.4 is 10.9 Å². The van der Waals surface area contributed by atoms with Crippen LogP contribution in [0.2, 0.25) is 0 Å². The molecule has 31 heavy (non-hydrogen) atoms. The van der Waals surface area contributed by atoms with Gasteiger partial charge in [0.25, 0.3) is 0 Å². The maximum Gasteiger partial charge on any atom is 0.339 e. The van der Waals surface area contributed by atoms with Gasteiger partial charge in [0.15, 0.2) is 0 Å². The summed E-state index contributed by atoms with van der Waals surface area (Å²) in [5.41, 5.74) is 4.93. The number of furan rings is 1. The average molecular weight is 419 g/mol. The van der Waals surface area contributed by atoms with E-state index in [1.165, 1.54) is 0 Å². The van der Waals surface area contributed by atoms with Gasteiger partial charge in [0.1, 0.15) is 11.2 Å². The fourth-order valence-corrected chi connectivity index (χ4v) is 3.96. The Morgan fingerprint density at radius 3 is 2.58 bits per heavy atom. The van der Waals surface area contributed by atoms with Crippen molar-refractivity contribution in [3.63, 3.8) is 0 Å². The number of carbonyl (C=O) groups excluding carboxylic acids is 1. The lowest BCUT2D eigenvalue weighted by atomic mass is 9.97.